The second-order valence-corrected chi connectivity index (χ2v) is 6.24. The van der Waals surface area contributed by atoms with Crippen LogP contribution in [-0.2, 0) is 21.1 Å². The molecule has 1 aromatic carbocycles. The van der Waals surface area contributed by atoms with Gasteiger partial charge in [0.2, 0.25) is 10.4 Å². The Bertz CT molecular complexity index is 593. The van der Waals surface area contributed by atoms with Crippen LogP contribution in [0.3, 0.4) is 0 Å². The Morgan fingerprint density at radius 3 is 2.14 bits per heavy atom. The maximum absolute atomic E-state index is 10.5. The minimum atomic E-state index is -4.41. The van der Waals surface area contributed by atoms with Crippen LogP contribution in [0.2, 0.25) is 0 Å². The molecule has 0 spiro atoms. The lowest BCUT2D eigenvalue weighted by molar-refractivity contribution is -0.884. The molecule has 0 bridgehead atoms. The number of phenolic OH excluding ortho intramolecular Hbond substituents is 1. The maximum Gasteiger partial charge on any atom is 0.270 e. The molecule has 0 fully saturated rings. The van der Waals surface area contributed by atoms with Crippen molar-refractivity contribution >= 4 is 16.1 Å². The molecule has 120 valence electrons. The van der Waals surface area contributed by atoms with Crippen molar-refractivity contribution in [1.82, 2.24) is 0 Å². The SMILES string of the molecule is COS(=O)(=O)[O-].C[N+](C)(C)Cc1cc([N+](=O)[O-])ccc1O. The molecule has 1 rings (SSSR count). The van der Waals surface area contributed by atoms with Crippen molar-refractivity contribution in [3.63, 3.8) is 0 Å². The van der Waals surface area contributed by atoms with Gasteiger partial charge in [0.15, 0.2) is 0 Å². The summed E-state index contributed by atoms with van der Waals surface area (Å²) in [4.78, 5) is 10.1. The highest BCUT2D eigenvalue weighted by molar-refractivity contribution is 7.80. The van der Waals surface area contributed by atoms with Gasteiger partial charge in [0, 0.05) is 12.1 Å². The van der Waals surface area contributed by atoms with Crippen molar-refractivity contribution in [2.45, 2.75) is 6.54 Å². The zero-order valence-electron chi connectivity index (χ0n) is 12.1. The highest BCUT2D eigenvalue weighted by Gasteiger charge is 2.16. The summed E-state index contributed by atoms with van der Waals surface area (Å²) in [5.74, 6) is 0.105. The summed E-state index contributed by atoms with van der Waals surface area (Å²) in [5.41, 5.74) is 0.605. The van der Waals surface area contributed by atoms with Gasteiger partial charge in [0.1, 0.15) is 12.3 Å². The van der Waals surface area contributed by atoms with E-state index in [1.165, 1.54) is 18.2 Å². The lowest BCUT2D eigenvalue weighted by atomic mass is 10.1. The average molecular weight is 322 g/mol. The average Bonchev–Trinajstić information content (AvgIpc) is 2.30. The van der Waals surface area contributed by atoms with Crippen molar-refractivity contribution in [2.24, 2.45) is 0 Å². The Labute approximate surface area is 123 Å². The first kappa shape index (κ1) is 19.2. The number of non-ortho nitro benzene ring substituents is 1. The van der Waals surface area contributed by atoms with E-state index in [-0.39, 0.29) is 11.4 Å². The van der Waals surface area contributed by atoms with Gasteiger partial charge in [-0.3, -0.25) is 14.3 Å². The zero-order valence-corrected chi connectivity index (χ0v) is 13.0. The predicted octanol–water partition coefficient (Wildman–Crippen LogP) is 0.600. The second-order valence-electron chi connectivity index (χ2n) is 5.09. The van der Waals surface area contributed by atoms with Crippen LogP contribution in [0.15, 0.2) is 18.2 Å². The van der Waals surface area contributed by atoms with E-state index < -0.39 is 15.3 Å². The number of nitro groups is 1. The molecule has 0 saturated heterocycles. The molecule has 0 radical (unpaired) electrons. The van der Waals surface area contributed by atoms with Gasteiger partial charge in [0.25, 0.3) is 5.69 Å². The smallest absolute Gasteiger partial charge is 0.270 e. The van der Waals surface area contributed by atoms with E-state index in [4.69, 9.17) is 0 Å². The van der Waals surface area contributed by atoms with E-state index in [1.807, 2.05) is 21.1 Å². The van der Waals surface area contributed by atoms with Crippen molar-refractivity contribution in [3.05, 3.63) is 33.9 Å². The largest absolute Gasteiger partial charge is 0.726 e. The third-order valence-corrected chi connectivity index (χ3v) is 2.53. The fourth-order valence-corrected chi connectivity index (χ4v) is 1.32. The molecule has 0 unspecified atom stereocenters. The molecule has 10 heteroatoms. The minimum absolute atomic E-state index is 0.0104. The monoisotopic (exact) mass is 322 g/mol. The summed E-state index contributed by atoms with van der Waals surface area (Å²) in [6, 6.07) is 4.08. The number of nitro benzene ring substituents is 1. The van der Waals surface area contributed by atoms with Gasteiger partial charge in [0.05, 0.1) is 38.7 Å². The molecule has 1 N–H and O–H groups in total. The van der Waals surface area contributed by atoms with Gasteiger partial charge < -0.3 is 14.1 Å². The van der Waals surface area contributed by atoms with Crippen LogP contribution < -0.4 is 0 Å². The molecule has 9 nitrogen and oxygen atoms in total. The minimum Gasteiger partial charge on any atom is -0.726 e. The lowest BCUT2D eigenvalue weighted by Crippen LogP contribution is -2.33. The summed E-state index contributed by atoms with van der Waals surface area (Å²) < 4.78 is 31.6. The van der Waals surface area contributed by atoms with Crippen LogP contribution in [-0.4, -0.2) is 55.7 Å². The van der Waals surface area contributed by atoms with Crippen LogP contribution in [0.4, 0.5) is 5.69 Å². The molecule has 0 heterocycles. The molecule has 1 aromatic rings. The predicted molar refractivity (Wildman–Crippen MR) is 73.2 cm³/mol. The van der Waals surface area contributed by atoms with E-state index >= 15 is 0 Å². The highest BCUT2D eigenvalue weighted by Crippen LogP contribution is 2.24. The molecular formula is C11H18N2O7S. The number of benzene rings is 1. The van der Waals surface area contributed by atoms with Gasteiger partial charge in [-0.05, 0) is 6.07 Å². The third-order valence-electron chi connectivity index (χ3n) is 2.12. The summed E-state index contributed by atoms with van der Waals surface area (Å²) in [6.07, 6.45) is 0. The van der Waals surface area contributed by atoms with Gasteiger partial charge >= 0.3 is 0 Å². The maximum atomic E-state index is 10.5. The highest BCUT2D eigenvalue weighted by atomic mass is 32.3. The van der Waals surface area contributed by atoms with E-state index in [0.29, 0.717) is 16.6 Å². The number of aromatic hydroxyl groups is 1. The number of quaternary nitrogens is 1. The van der Waals surface area contributed by atoms with Crippen LogP contribution in [0, 0.1) is 10.1 Å². The Hall–Kier alpha value is -1.75. The Balaban J connectivity index is 0.000000567. The number of nitrogens with zero attached hydrogens (tertiary/aromatic N) is 2. The number of phenols is 1. The van der Waals surface area contributed by atoms with Gasteiger partial charge in [-0.2, -0.15) is 0 Å². The van der Waals surface area contributed by atoms with E-state index in [1.54, 1.807) is 0 Å². The molecule has 0 aliphatic rings. The normalized spacial score (nSPS) is 11.5. The molecule has 0 saturated carbocycles. The van der Waals surface area contributed by atoms with Crippen LogP contribution >= 0.6 is 0 Å². The first-order valence-electron chi connectivity index (χ1n) is 5.64. The first-order valence-corrected chi connectivity index (χ1v) is 6.97. The standard InChI is InChI=1S/C10H14N2O3.CH4O4S/c1-12(2,3)7-8-6-9(11(14)15)4-5-10(8)13;1-5-6(2,3)4/h4-6H,7H2,1-3H3;1H3,(H,2,3,4). The Morgan fingerprint density at radius 2 is 1.81 bits per heavy atom. The molecular weight excluding hydrogens is 304 g/mol. The molecule has 0 amide bonds. The summed E-state index contributed by atoms with van der Waals surface area (Å²) in [6.45, 7) is 0.549. The van der Waals surface area contributed by atoms with Crippen LogP contribution in [0.25, 0.3) is 0 Å². The van der Waals surface area contributed by atoms with E-state index in [0.717, 1.165) is 7.11 Å². The van der Waals surface area contributed by atoms with Crippen molar-refractivity contribution in [3.8, 4) is 5.75 Å². The quantitative estimate of drug-likeness (QED) is 0.282. The number of hydrogen-bond acceptors (Lipinski definition) is 7. The van der Waals surface area contributed by atoms with Crippen LogP contribution in [0.1, 0.15) is 5.56 Å². The molecule has 0 atom stereocenters. The number of hydrogen-bond donors (Lipinski definition) is 1. The van der Waals surface area contributed by atoms with Gasteiger partial charge in [-0.25, -0.2) is 8.42 Å². The van der Waals surface area contributed by atoms with Gasteiger partial charge in [-0.1, -0.05) is 0 Å². The second kappa shape index (κ2) is 7.31. The van der Waals surface area contributed by atoms with Crippen molar-refractivity contribution in [1.29, 1.82) is 0 Å². The number of rotatable bonds is 4. The van der Waals surface area contributed by atoms with E-state index in [9.17, 15) is 28.2 Å². The van der Waals surface area contributed by atoms with Crippen molar-refractivity contribution < 1.29 is 31.7 Å². The third kappa shape index (κ3) is 8.92. The molecule has 0 aromatic heterocycles. The van der Waals surface area contributed by atoms with E-state index in [2.05, 4.69) is 4.18 Å². The fourth-order valence-electron chi connectivity index (χ4n) is 1.32. The first-order chi connectivity index (χ1) is 9.35. The zero-order chi connectivity index (χ0) is 16.8. The molecule has 21 heavy (non-hydrogen) atoms. The fraction of sp³-hybridized carbons (Fsp3) is 0.455. The van der Waals surface area contributed by atoms with Gasteiger partial charge in [-0.15, -0.1) is 0 Å². The van der Waals surface area contributed by atoms with Crippen molar-refractivity contribution in [2.75, 3.05) is 28.3 Å². The summed E-state index contributed by atoms with van der Waals surface area (Å²) in [5, 5.41) is 20.1. The summed E-state index contributed by atoms with van der Waals surface area (Å²) >= 11 is 0. The Morgan fingerprint density at radius 1 is 1.33 bits per heavy atom. The topological polar surface area (TPSA) is 130 Å². The Kier molecular flexibility index (Phi) is 6.70. The molecule has 0 aliphatic carbocycles. The summed E-state index contributed by atoms with van der Waals surface area (Å²) in [7, 11) is 2.27. The van der Waals surface area contributed by atoms with Crippen LogP contribution in [0.5, 0.6) is 5.75 Å². The lowest BCUT2D eigenvalue weighted by Gasteiger charge is -2.24. The molecule has 0 aliphatic heterocycles.